The van der Waals surface area contributed by atoms with E-state index in [2.05, 4.69) is 0 Å². The summed E-state index contributed by atoms with van der Waals surface area (Å²) in [5.74, 6) is -0.990. The van der Waals surface area contributed by atoms with Crippen LogP contribution in [-0.4, -0.2) is 22.8 Å². The number of ketones is 2. The number of carbonyl (C=O) groups is 2. The second-order valence-corrected chi connectivity index (χ2v) is 4.01. The maximum absolute atomic E-state index is 11.5. The zero-order chi connectivity index (χ0) is 11.4. The van der Waals surface area contributed by atoms with E-state index in [0.717, 1.165) is 0 Å². The van der Waals surface area contributed by atoms with Gasteiger partial charge in [0.15, 0.2) is 0 Å². The Kier molecular flexibility index (Phi) is 3.97. The average Bonchev–Trinajstić information content (AvgIpc) is 2.21. The number of carbonyl (C=O) groups excluding carboxylic acids is 2. The average molecular weight is 208 g/mol. The number of allylic oxidation sites excluding steroid dienone is 4. The molecule has 0 saturated carbocycles. The molecule has 0 radical (unpaired) electrons. The fourth-order valence-corrected chi connectivity index (χ4v) is 1.44. The third-order valence-electron chi connectivity index (χ3n) is 2.65. The Balaban J connectivity index is 2.91. The minimum absolute atomic E-state index is 0.00445. The Morgan fingerprint density at radius 1 is 1.40 bits per heavy atom. The highest BCUT2D eigenvalue weighted by Gasteiger charge is 2.23. The summed E-state index contributed by atoms with van der Waals surface area (Å²) < 4.78 is 0. The fourth-order valence-electron chi connectivity index (χ4n) is 1.44. The zero-order valence-electron chi connectivity index (χ0n) is 9.06. The van der Waals surface area contributed by atoms with Crippen LogP contribution in [0.1, 0.15) is 26.7 Å². The topological polar surface area (TPSA) is 54.4 Å². The number of aliphatic hydroxyl groups is 1. The first-order chi connectivity index (χ1) is 7.02. The zero-order valence-corrected chi connectivity index (χ0v) is 9.06. The molecule has 0 amide bonds. The van der Waals surface area contributed by atoms with Gasteiger partial charge in [0.2, 0.25) is 11.6 Å². The number of aliphatic hydroxyl groups excluding tert-OH is 1. The van der Waals surface area contributed by atoms with Gasteiger partial charge in [0.1, 0.15) is 0 Å². The summed E-state index contributed by atoms with van der Waals surface area (Å²) in [6.45, 7) is 3.48. The van der Waals surface area contributed by atoms with Crippen molar-refractivity contribution >= 4 is 11.6 Å². The normalized spacial score (nSPS) is 34.5. The van der Waals surface area contributed by atoms with Crippen LogP contribution in [0.3, 0.4) is 0 Å². The van der Waals surface area contributed by atoms with E-state index in [4.69, 9.17) is 0 Å². The maximum atomic E-state index is 11.5. The standard InChI is InChI=1S/C12H16O3/c1-8-5-3-4-6-9(2)12(15)11(14)7-10(8)13/h3-4,6,8,10,13H,5,7H2,1-2H3/b4-3+,9-6-. The van der Waals surface area contributed by atoms with Crippen molar-refractivity contribution in [2.45, 2.75) is 32.8 Å². The molecule has 2 unspecified atom stereocenters. The smallest absolute Gasteiger partial charge is 0.224 e. The second kappa shape index (κ2) is 5.03. The molecule has 0 bridgehead atoms. The van der Waals surface area contributed by atoms with Gasteiger partial charge in [0.05, 0.1) is 6.10 Å². The van der Waals surface area contributed by atoms with Gasteiger partial charge < -0.3 is 5.11 Å². The summed E-state index contributed by atoms with van der Waals surface area (Å²) in [7, 11) is 0. The largest absolute Gasteiger partial charge is 0.392 e. The van der Waals surface area contributed by atoms with E-state index in [-0.39, 0.29) is 12.3 Å². The lowest BCUT2D eigenvalue weighted by Crippen LogP contribution is -2.26. The van der Waals surface area contributed by atoms with Crippen molar-refractivity contribution < 1.29 is 14.7 Å². The molecule has 1 N–H and O–H groups in total. The highest BCUT2D eigenvalue weighted by atomic mass is 16.3. The van der Waals surface area contributed by atoms with Crippen LogP contribution in [0.5, 0.6) is 0 Å². The molecule has 0 aromatic rings. The molecular formula is C12H16O3. The van der Waals surface area contributed by atoms with Crippen LogP contribution in [0.25, 0.3) is 0 Å². The molecule has 0 aromatic heterocycles. The van der Waals surface area contributed by atoms with Crippen molar-refractivity contribution in [1.82, 2.24) is 0 Å². The van der Waals surface area contributed by atoms with Crippen LogP contribution in [-0.2, 0) is 9.59 Å². The lowest BCUT2D eigenvalue weighted by molar-refractivity contribution is -0.136. The SMILES string of the molecule is C/C1=C/C=C/CC(C)C(O)CC(=O)C1=O. The maximum Gasteiger partial charge on any atom is 0.224 e. The van der Waals surface area contributed by atoms with E-state index >= 15 is 0 Å². The van der Waals surface area contributed by atoms with E-state index < -0.39 is 17.7 Å². The molecule has 82 valence electrons. The highest BCUT2D eigenvalue weighted by molar-refractivity contribution is 6.43. The van der Waals surface area contributed by atoms with Gasteiger partial charge in [0, 0.05) is 12.0 Å². The Morgan fingerprint density at radius 3 is 2.73 bits per heavy atom. The Hall–Kier alpha value is -1.22. The monoisotopic (exact) mass is 208 g/mol. The molecule has 15 heavy (non-hydrogen) atoms. The van der Waals surface area contributed by atoms with E-state index in [0.29, 0.717) is 12.0 Å². The van der Waals surface area contributed by atoms with Gasteiger partial charge >= 0.3 is 0 Å². The Morgan fingerprint density at radius 2 is 2.07 bits per heavy atom. The van der Waals surface area contributed by atoms with Crippen LogP contribution in [0.4, 0.5) is 0 Å². The molecule has 1 rings (SSSR count). The van der Waals surface area contributed by atoms with E-state index in [1.807, 2.05) is 13.0 Å². The highest BCUT2D eigenvalue weighted by Crippen LogP contribution is 2.15. The molecule has 0 fully saturated rings. The van der Waals surface area contributed by atoms with Crippen molar-refractivity contribution in [1.29, 1.82) is 0 Å². The molecule has 2 atom stereocenters. The molecule has 0 heterocycles. The summed E-state index contributed by atoms with van der Waals surface area (Å²) in [5.41, 5.74) is 0.429. The van der Waals surface area contributed by atoms with Crippen molar-refractivity contribution in [3.8, 4) is 0 Å². The Bertz CT molecular complexity index is 326. The molecule has 0 spiro atoms. The molecule has 0 aliphatic heterocycles. The van der Waals surface area contributed by atoms with Crippen LogP contribution in [0, 0.1) is 5.92 Å². The van der Waals surface area contributed by atoms with Crippen molar-refractivity contribution in [2.75, 3.05) is 0 Å². The third-order valence-corrected chi connectivity index (χ3v) is 2.65. The minimum Gasteiger partial charge on any atom is -0.392 e. The molecule has 0 saturated heterocycles. The molecule has 1 aliphatic carbocycles. The number of Topliss-reactive ketones (excluding diaryl/α,β-unsaturated/α-hetero) is 2. The van der Waals surface area contributed by atoms with Crippen molar-refractivity contribution in [2.24, 2.45) is 5.92 Å². The predicted molar refractivity (Wildman–Crippen MR) is 57.3 cm³/mol. The Labute approximate surface area is 89.5 Å². The van der Waals surface area contributed by atoms with E-state index in [9.17, 15) is 14.7 Å². The molecule has 1 aliphatic rings. The van der Waals surface area contributed by atoms with Gasteiger partial charge in [-0.15, -0.1) is 0 Å². The molecule has 3 heteroatoms. The van der Waals surface area contributed by atoms with Gasteiger partial charge in [-0.05, 0) is 19.3 Å². The first-order valence-corrected chi connectivity index (χ1v) is 5.11. The van der Waals surface area contributed by atoms with Gasteiger partial charge in [-0.25, -0.2) is 0 Å². The summed E-state index contributed by atoms with van der Waals surface area (Å²) in [4.78, 5) is 22.9. The predicted octanol–water partition coefficient (Wildman–Crippen LogP) is 1.42. The summed E-state index contributed by atoms with van der Waals surface area (Å²) in [6, 6.07) is 0. The summed E-state index contributed by atoms with van der Waals surface area (Å²) in [5, 5.41) is 9.65. The first-order valence-electron chi connectivity index (χ1n) is 5.11. The quantitative estimate of drug-likeness (QED) is 0.612. The van der Waals surface area contributed by atoms with Crippen LogP contribution in [0.15, 0.2) is 23.8 Å². The third kappa shape index (κ3) is 3.13. The second-order valence-electron chi connectivity index (χ2n) is 4.01. The van der Waals surface area contributed by atoms with Crippen LogP contribution < -0.4 is 0 Å². The number of hydrogen-bond donors (Lipinski definition) is 1. The van der Waals surface area contributed by atoms with E-state index in [1.54, 1.807) is 19.1 Å². The van der Waals surface area contributed by atoms with E-state index in [1.165, 1.54) is 0 Å². The fraction of sp³-hybridized carbons (Fsp3) is 0.500. The van der Waals surface area contributed by atoms with Gasteiger partial charge in [-0.2, -0.15) is 0 Å². The molecule has 0 aromatic carbocycles. The lowest BCUT2D eigenvalue weighted by atomic mass is 9.93. The lowest BCUT2D eigenvalue weighted by Gasteiger charge is -2.16. The summed E-state index contributed by atoms with van der Waals surface area (Å²) >= 11 is 0. The van der Waals surface area contributed by atoms with Gasteiger partial charge in [-0.3, -0.25) is 9.59 Å². The molecule has 3 nitrogen and oxygen atoms in total. The first kappa shape index (κ1) is 11.9. The minimum atomic E-state index is -0.725. The van der Waals surface area contributed by atoms with Crippen LogP contribution >= 0.6 is 0 Å². The molecular weight excluding hydrogens is 192 g/mol. The van der Waals surface area contributed by atoms with Gasteiger partial charge in [0.25, 0.3) is 0 Å². The van der Waals surface area contributed by atoms with Gasteiger partial charge in [-0.1, -0.05) is 25.2 Å². The number of hydrogen-bond acceptors (Lipinski definition) is 3. The summed E-state index contributed by atoms with van der Waals surface area (Å²) in [6.07, 6.45) is 5.23. The number of rotatable bonds is 0. The van der Waals surface area contributed by atoms with Crippen LogP contribution in [0.2, 0.25) is 0 Å². The van der Waals surface area contributed by atoms with Crippen molar-refractivity contribution in [3.05, 3.63) is 23.8 Å². The van der Waals surface area contributed by atoms with Crippen molar-refractivity contribution in [3.63, 3.8) is 0 Å².